The zero-order valence-electron chi connectivity index (χ0n) is 14.9. The quantitative estimate of drug-likeness (QED) is 0.877. The lowest BCUT2D eigenvalue weighted by molar-refractivity contribution is -0.117. The van der Waals surface area contributed by atoms with Gasteiger partial charge in [-0.3, -0.25) is 9.59 Å². The summed E-state index contributed by atoms with van der Waals surface area (Å²) < 4.78 is 16.0. The molecule has 1 atom stereocenters. The highest BCUT2D eigenvalue weighted by Gasteiger charge is 2.32. The summed E-state index contributed by atoms with van der Waals surface area (Å²) in [6.07, 6.45) is 0.267. The van der Waals surface area contributed by atoms with Crippen LogP contribution in [0.25, 0.3) is 0 Å². The predicted molar refractivity (Wildman–Crippen MR) is 98.4 cm³/mol. The Morgan fingerprint density at radius 3 is 2.74 bits per heavy atom. The van der Waals surface area contributed by atoms with E-state index in [9.17, 15) is 9.59 Å². The lowest BCUT2D eigenvalue weighted by Crippen LogP contribution is -2.37. The van der Waals surface area contributed by atoms with Crippen LogP contribution in [0.4, 0.5) is 5.69 Å². The van der Waals surface area contributed by atoms with E-state index in [-0.39, 0.29) is 31.1 Å². The van der Waals surface area contributed by atoms with Gasteiger partial charge < -0.3 is 24.4 Å². The maximum atomic E-state index is 12.5. The molecule has 2 aromatic carbocycles. The molecule has 0 radical (unpaired) electrons. The van der Waals surface area contributed by atoms with Crippen LogP contribution in [0.5, 0.6) is 17.2 Å². The zero-order valence-corrected chi connectivity index (χ0v) is 14.9. The molecular formula is C20H20N2O5. The highest BCUT2D eigenvalue weighted by molar-refractivity contribution is 5.99. The summed E-state index contributed by atoms with van der Waals surface area (Å²) in [6, 6.07) is 12.2. The molecule has 0 unspecified atom stereocenters. The normalized spacial score (nSPS) is 17.9. The highest BCUT2D eigenvalue weighted by Crippen LogP contribution is 2.32. The monoisotopic (exact) mass is 368 g/mol. The van der Waals surface area contributed by atoms with Crippen LogP contribution in [0, 0.1) is 0 Å². The molecule has 140 valence electrons. The summed E-state index contributed by atoms with van der Waals surface area (Å²) >= 11 is 0. The largest absolute Gasteiger partial charge is 0.494 e. The van der Waals surface area contributed by atoms with Crippen molar-refractivity contribution in [3.05, 3.63) is 48.0 Å². The van der Waals surface area contributed by atoms with Gasteiger partial charge in [0.25, 0.3) is 5.91 Å². The number of amides is 2. The molecule has 2 amide bonds. The molecule has 0 bridgehead atoms. The molecule has 0 aliphatic carbocycles. The number of carbonyl (C=O) groups is 2. The highest BCUT2D eigenvalue weighted by atomic mass is 16.7. The molecule has 2 aliphatic rings. The average molecular weight is 368 g/mol. The molecule has 2 heterocycles. The summed E-state index contributed by atoms with van der Waals surface area (Å²) in [6.45, 7) is 3.11. The summed E-state index contributed by atoms with van der Waals surface area (Å²) in [4.78, 5) is 26.6. The molecule has 27 heavy (non-hydrogen) atoms. The van der Waals surface area contributed by atoms with E-state index in [0.717, 1.165) is 11.4 Å². The van der Waals surface area contributed by atoms with Crippen molar-refractivity contribution in [3.63, 3.8) is 0 Å². The Hall–Kier alpha value is -3.22. The summed E-state index contributed by atoms with van der Waals surface area (Å²) in [7, 11) is 0. The second kappa shape index (κ2) is 7.19. The number of benzene rings is 2. The smallest absolute Gasteiger partial charge is 0.251 e. The lowest BCUT2D eigenvalue weighted by atomic mass is 10.1. The van der Waals surface area contributed by atoms with Crippen LogP contribution in [0.2, 0.25) is 0 Å². The van der Waals surface area contributed by atoms with Crippen LogP contribution >= 0.6 is 0 Å². The molecule has 2 aromatic rings. The number of ether oxygens (including phenoxy) is 3. The molecule has 0 aromatic heterocycles. The van der Waals surface area contributed by atoms with Crippen molar-refractivity contribution in [1.82, 2.24) is 5.32 Å². The minimum atomic E-state index is -0.248. The molecule has 1 N–H and O–H groups in total. The fraction of sp³-hybridized carbons (Fsp3) is 0.300. The zero-order chi connectivity index (χ0) is 18.8. The Morgan fingerprint density at radius 2 is 1.96 bits per heavy atom. The minimum absolute atomic E-state index is 0.0184. The van der Waals surface area contributed by atoms with E-state index < -0.39 is 0 Å². The number of carbonyl (C=O) groups excluding carboxylic acids is 2. The van der Waals surface area contributed by atoms with E-state index in [4.69, 9.17) is 14.2 Å². The maximum absolute atomic E-state index is 12.5. The van der Waals surface area contributed by atoms with Gasteiger partial charge in [0.05, 0.1) is 12.6 Å². The first kappa shape index (κ1) is 17.2. The third-order valence-corrected chi connectivity index (χ3v) is 4.55. The van der Waals surface area contributed by atoms with E-state index in [0.29, 0.717) is 30.2 Å². The van der Waals surface area contributed by atoms with Gasteiger partial charge in [0.1, 0.15) is 5.75 Å². The van der Waals surface area contributed by atoms with E-state index in [1.165, 1.54) is 0 Å². The van der Waals surface area contributed by atoms with Gasteiger partial charge in [0.2, 0.25) is 12.7 Å². The summed E-state index contributed by atoms with van der Waals surface area (Å²) in [5.74, 6) is 1.70. The number of hydrogen-bond donors (Lipinski definition) is 1. The number of rotatable bonds is 5. The van der Waals surface area contributed by atoms with E-state index in [2.05, 4.69) is 5.32 Å². The standard InChI is InChI=1S/C20H20N2O5/c1-2-25-16-6-4-15(5-7-16)22-11-14(10-19(22)23)21-20(24)13-3-8-17-18(9-13)27-12-26-17/h3-9,14H,2,10-12H2,1H3,(H,21,24)/t14-/m1/s1. The van der Waals surface area contributed by atoms with Gasteiger partial charge in [-0.2, -0.15) is 0 Å². The summed E-state index contributed by atoms with van der Waals surface area (Å²) in [5.41, 5.74) is 1.27. The van der Waals surface area contributed by atoms with Crippen LogP contribution in [0.1, 0.15) is 23.7 Å². The Kier molecular flexibility index (Phi) is 4.58. The van der Waals surface area contributed by atoms with Crippen LogP contribution in [-0.4, -0.2) is 37.8 Å². The van der Waals surface area contributed by atoms with Gasteiger partial charge in [-0.25, -0.2) is 0 Å². The van der Waals surface area contributed by atoms with Crippen LogP contribution in [0.3, 0.4) is 0 Å². The van der Waals surface area contributed by atoms with Crippen LogP contribution < -0.4 is 24.4 Å². The maximum Gasteiger partial charge on any atom is 0.251 e. The van der Waals surface area contributed by atoms with Crippen LogP contribution in [-0.2, 0) is 4.79 Å². The van der Waals surface area contributed by atoms with Crippen LogP contribution in [0.15, 0.2) is 42.5 Å². The van der Waals surface area contributed by atoms with Gasteiger partial charge in [0.15, 0.2) is 11.5 Å². The Balaban J connectivity index is 1.41. The summed E-state index contributed by atoms with van der Waals surface area (Å²) in [5, 5.41) is 2.93. The molecule has 1 fully saturated rings. The van der Waals surface area contributed by atoms with Gasteiger partial charge in [-0.05, 0) is 49.4 Å². The molecule has 7 nitrogen and oxygen atoms in total. The fourth-order valence-electron chi connectivity index (χ4n) is 3.25. The van der Waals surface area contributed by atoms with E-state index in [1.54, 1.807) is 23.1 Å². The van der Waals surface area contributed by atoms with Crippen molar-refractivity contribution >= 4 is 17.5 Å². The van der Waals surface area contributed by atoms with Crippen molar-refractivity contribution in [2.24, 2.45) is 0 Å². The third-order valence-electron chi connectivity index (χ3n) is 4.55. The topological polar surface area (TPSA) is 77.1 Å². The van der Waals surface area contributed by atoms with E-state index >= 15 is 0 Å². The Labute approximate surface area is 156 Å². The second-order valence-corrected chi connectivity index (χ2v) is 6.37. The number of anilines is 1. The molecule has 7 heteroatoms. The third kappa shape index (κ3) is 3.53. The minimum Gasteiger partial charge on any atom is -0.494 e. The molecular weight excluding hydrogens is 348 g/mol. The Bertz CT molecular complexity index is 865. The van der Waals surface area contributed by atoms with Gasteiger partial charge in [0, 0.05) is 24.2 Å². The molecule has 0 saturated carbocycles. The lowest BCUT2D eigenvalue weighted by Gasteiger charge is -2.18. The van der Waals surface area contributed by atoms with Crippen molar-refractivity contribution in [2.75, 3.05) is 24.8 Å². The van der Waals surface area contributed by atoms with Gasteiger partial charge >= 0.3 is 0 Å². The number of hydrogen-bond acceptors (Lipinski definition) is 5. The predicted octanol–water partition coefficient (Wildman–Crippen LogP) is 2.35. The molecule has 1 saturated heterocycles. The first-order valence-corrected chi connectivity index (χ1v) is 8.88. The molecule has 0 spiro atoms. The van der Waals surface area contributed by atoms with Crippen molar-refractivity contribution < 1.29 is 23.8 Å². The van der Waals surface area contributed by atoms with Crippen molar-refractivity contribution in [3.8, 4) is 17.2 Å². The first-order valence-electron chi connectivity index (χ1n) is 8.88. The molecule has 2 aliphatic heterocycles. The SMILES string of the molecule is CCOc1ccc(N2C[C@H](NC(=O)c3ccc4c(c3)OCO4)CC2=O)cc1. The van der Waals surface area contributed by atoms with Crippen molar-refractivity contribution in [2.45, 2.75) is 19.4 Å². The molecule has 4 rings (SSSR count). The Morgan fingerprint density at radius 1 is 1.19 bits per heavy atom. The van der Waals surface area contributed by atoms with Gasteiger partial charge in [-0.1, -0.05) is 0 Å². The van der Waals surface area contributed by atoms with Gasteiger partial charge in [-0.15, -0.1) is 0 Å². The second-order valence-electron chi connectivity index (χ2n) is 6.37. The first-order chi connectivity index (χ1) is 13.1. The van der Waals surface area contributed by atoms with E-state index in [1.807, 2.05) is 31.2 Å². The average Bonchev–Trinajstić information content (AvgIpc) is 3.28. The number of nitrogens with one attached hydrogen (secondary N) is 1. The number of nitrogens with zero attached hydrogens (tertiary/aromatic N) is 1. The van der Waals surface area contributed by atoms with Crippen molar-refractivity contribution in [1.29, 1.82) is 0 Å². The fourth-order valence-corrected chi connectivity index (χ4v) is 3.25. The number of fused-ring (bicyclic) bond motifs is 1.